The third-order valence-electron chi connectivity index (χ3n) is 3.63. The fourth-order valence-corrected chi connectivity index (χ4v) is 3.34. The fourth-order valence-electron chi connectivity index (χ4n) is 2.10. The molecule has 118 valence electrons. The highest BCUT2D eigenvalue weighted by atomic mass is 32.2. The zero-order chi connectivity index (χ0) is 16.2. The molecule has 0 aliphatic rings. The highest BCUT2D eigenvalue weighted by Crippen LogP contribution is 2.25. The summed E-state index contributed by atoms with van der Waals surface area (Å²) in [5, 5.41) is 0. The van der Waals surface area contributed by atoms with Gasteiger partial charge in [0, 0.05) is 12.0 Å². The molecule has 0 unspecified atom stereocenters. The first-order valence-corrected chi connectivity index (χ1v) is 8.53. The normalized spacial score (nSPS) is 12.1. The number of hydrogen-bond donors (Lipinski definition) is 1. The molecule has 0 saturated heterocycles. The van der Waals surface area contributed by atoms with Crippen LogP contribution in [0.4, 0.5) is 0 Å². The van der Waals surface area contributed by atoms with E-state index in [1.165, 1.54) is 0 Å². The van der Waals surface area contributed by atoms with E-state index in [4.69, 9.17) is 4.74 Å². The number of methoxy groups -OCH3 is 1. The number of ether oxygens (including phenoxy) is 1. The van der Waals surface area contributed by atoms with Gasteiger partial charge in [-0.05, 0) is 29.8 Å². The Bertz CT molecular complexity index is 707. The van der Waals surface area contributed by atoms with E-state index in [0.29, 0.717) is 6.54 Å². The molecule has 0 fully saturated rings. The number of benzene rings is 2. The Morgan fingerprint density at radius 2 is 1.59 bits per heavy atom. The minimum absolute atomic E-state index is 0.278. The van der Waals surface area contributed by atoms with E-state index in [0.717, 1.165) is 11.3 Å². The molecule has 0 aromatic heterocycles. The first-order chi connectivity index (χ1) is 10.3. The Labute approximate surface area is 132 Å². The van der Waals surface area contributed by atoms with Crippen LogP contribution >= 0.6 is 0 Å². The summed E-state index contributed by atoms with van der Waals surface area (Å²) >= 11 is 0. The smallest absolute Gasteiger partial charge is 0.240 e. The van der Waals surface area contributed by atoms with Gasteiger partial charge in [-0.3, -0.25) is 0 Å². The van der Waals surface area contributed by atoms with Crippen LogP contribution < -0.4 is 9.46 Å². The summed E-state index contributed by atoms with van der Waals surface area (Å²) < 4.78 is 32.4. The van der Waals surface area contributed by atoms with Crippen LogP contribution in [0.15, 0.2) is 59.5 Å². The Hall–Kier alpha value is -1.85. The monoisotopic (exact) mass is 319 g/mol. The van der Waals surface area contributed by atoms with Crippen LogP contribution in [0, 0.1) is 0 Å². The molecule has 5 heteroatoms. The summed E-state index contributed by atoms with van der Waals surface area (Å²) in [4.78, 5) is 0.278. The standard InChI is InChI=1S/C17H21NO3S/c1-17(2,14-9-11-15(21-3)12-10-14)13-18-22(19,20)16-7-5-4-6-8-16/h4-12,18H,13H2,1-3H3. The van der Waals surface area contributed by atoms with Crippen molar-refractivity contribution in [2.45, 2.75) is 24.2 Å². The van der Waals surface area contributed by atoms with Crippen LogP contribution in [0.3, 0.4) is 0 Å². The third kappa shape index (κ3) is 3.87. The second-order valence-corrected chi connectivity index (χ2v) is 7.52. The predicted octanol–water partition coefficient (Wildman–Crippen LogP) is 2.95. The Balaban J connectivity index is 2.12. The summed E-state index contributed by atoms with van der Waals surface area (Å²) in [5.41, 5.74) is 0.720. The number of sulfonamides is 1. The maximum absolute atomic E-state index is 12.3. The Kier molecular flexibility index (Phi) is 4.88. The largest absolute Gasteiger partial charge is 0.497 e. The zero-order valence-corrected chi connectivity index (χ0v) is 13.9. The first kappa shape index (κ1) is 16.5. The van der Waals surface area contributed by atoms with E-state index in [1.807, 2.05) is 38.1 Å². The van der Waals surface area contributed by atoms with Crippen molar-refractivity contribution in [1.29, 1.82) is 0 Å². The molecule has 0 bridgehead atoms. The van der Waals surface area contributed by atoms with E-state index >= 15 is 0 Å². The summed E-state index contributed by atoms with van der Waals surface area (Å²) in [6, 6.07) is 16.1. The summed E-state index contributed by atoms with van der Waals surface area (Å²) in [6.07, 6.45) is 0. The molecule has 1 N–H and O–H groups in total. The molecule has 0 aliphatic heterocycles. The van der Waals surface area contributed by atoms with Crippen LogP contribution in [-0.4, -0.2) is 22.1 Å². The van der Waals surface area contributed by atoms with Crippen molar-refractivity contribution in [3.8, 4) is 5.75 Å². The predicted molar refractivity (Wildman–Crippen MR) is 87.7 cm³/mol. The van der Waals surface area contributed by atoms with E-state index in [1.54, 1.807) is 37.4 Å². The molecule has 0 amide bonds. The van der Waals surface area contributed by atoms with Gasteiger partial charge >= 0.3 is 0 Å². The molecule has 4 nitrogen and oxygen atoms in total. The van der Waals surface area contributed by atoms with Crippen molar-refractivity contribution in [2.24, 2.45) is 0 Å². The second kappa shape index (κ2) is 6.50. The molecule has 2 aromatic rings. The molecular formula is C17H21NO3S. The van der Waals surface area contributed by atoms with Crippen molar-refractivity contribution < 1.29 is 13.2 Å². The lowest BCUT2D eigenvalue weighted by atomic mass is 9.85. The van der Waals surface area contributed by atoms with Crippen LogP contribution in [0.5, 0.6) is 5.75 Å². The van der Waals surface area contributed by atoms with Gasteiger partial charge in [-0.2, -0.15) is 0 Å². The lowest BCUT2D eigenvalue weighted by molar-refractivity contribution is 0.414. The van der Waals surface area contributed by atoms with E-state index in [9.17, 15) is 8.42 Å². The molecule has 0 spiro atoms. The van der Waals surface area contributed by atoms with E-state index in [-0.39, 0.29) is 10.3 Å². The van der Waals surface area contributed by atoms with Crippen molar-refractivity contribution in [3.63, 3.8) is 0 Å². The molecular weight excluding hydrogens is 298 g/mol. The highest BCUT2D eigenvalue weighted by molar-refractivity contribution is 7.89. The van der Waals surface area contributed by atoms with Gasteiger partial charge in [0.2, 0.25) is 10.0 Å². The lowest BCUT2D eigenvalue weighted by Crippen LogP contribution is -2.36. The van der Waals surface area contributed by atoms with Gasteiger partial charge in [-0.25, -0.2) is 13.1 Å². The SMILES string of the molecule is COc1ccc(C(C)(C)CNS(=O)(=O)c2ccccc2)cc1. The minimum Gasteiger partial charge on any atom is -0.497 e. The van der Waals surface area contributed by atoms with Crippen molar-refractivity contribution in [3.05, 3.63) is 60.2 Å². The third-order valence-corrected chi connectivity index (χ3v) is 5.05. The van der Waals surface area contributed by atoms with Gasteiger partial charge in [0.25, 0.3) is 0 Å². The maximum atomic E-state index is 12.3. The van der Waals surface area contributed by atoms with Gasteiger partial charge in [0.1, 0.15) is 5.75 Å². The molecule has 2 rings (SSSR count). The Morgan fingerprint density at radius 1 is 1.00 bits per heavy atom. The fraction of sp³-hybridized carbons (Fsp3) is 0.294. The number of hydrogen-bond acceptors (Lipinski definition) is 3. The second-order valence-electron chi connectivity index (χ2n) is 5.75. The molecule has 2 aromatic carbocycles. The van der Waals surface area contributed by atoms with Crippen LogP contribution in [-0.2, 0) is 15.4 Å². The molecule has 0 atom stereocenters. The van der Waals surface area contributed by atoms with Gasteiger partial charge in [-0.15, -0.1) is 0 Å². The van der Waals surface area contributed by atoms with E-state index < -0.39 is 10.0 Å². The summed E-state index contributed by atoms with van der Waals surface area (Å²) in [6.45, 7) is 4.32. The quantitative estimate of drug-likeness (QED) is 0.890. The lowest BCUT2D eigenvalue weighted by Gasteiger charge is -2.25. The minimum atomic E-state index is -3.49. The van der Waals surface area contributed by atoms with E-state index in [2.05, 4.69) is 4.72 Å². The maximum Gasteiger partial charge on any atom is 0.240 e. The van der Waals surface area contributed by atoms with Crippen LogP contribution in [0.2, 0.25) is 0 Å². The molecule has 0 aliphatic carbocycles. The first-order valence-electron chi connectivity index (χ1n) is 7.04. The van der Waals surface area contributed by atoms with Crippen LogP contribution in [0.25, 0.3) is 0 Å². The van der Waals surface area contributed by atoms with Crippen molar-refractivity contribution in [1.82, 2.24) is 4.72 Å². The van der Waals surface area contributed by atoms with Crippen LogP contribution in [0.1, 0.15) is 19.4 Å². The average Bonchev–Trinajstić information content (AvgIpc) is 2.54. The molecule has 0 saturated carbocycles. The Morgan fingerprint density at radius 3 is 2.14 bits per heavy atom. The molecule has 0 radical (unpaired) electrons. The summed E-state index contributed by atoms with van der Waals surface area (Å²) in [7, 11) is -1.87. The number of rotatable bonds is 6. The highest BCUT2D eigenvalue weighted by Gasteiger charge is 2.24. The van der Waals surface area contributed by atoms with Gasteiger partial charge < -0.3 is 4.74 Å². The summed E-state index contributed by atoms with van der Waals surface area (Å²) in [5.74, 6) is 0.782. The van der Waals surface area contributed by atoms with Gasteiger partial charge in [0.05, 0.1) is 12.0 Å². The number of nitrogens with one attached hydrogen (secondary N) is 1. The molecule has 0 heterocycles. The zero-order valence-electron chi connectivity index (χ0n) is 13.0. The van der Waals surface area contributed by atoms with Gasteiger partial charge in [0.15, 0.2) is 0 Å². The van der Waals surface area contributed by atoms with Crippen molar-refractivity contribution in [2.75, 3.05) is 13.7 Å². The molecule has 22 heavy (non-hydrogen) atoms. The average molecular weight is 319 g/mol. The van der Waals surface area contributed by atoms with Crippen molar-refractivity contribution >= 4 is 10.0 Å². The van der Waals surface area contributed by atoms with Gasteiger partial charge in [-0.1, -0.05) is 44.2 Å². The topological polar surface area (TPSA) is 55.4 Å².